The van der Waals surface area contributed by atoms with E-state index in [1.807, 2.05) is 0 Å². The van der Waals surface area contributed by atoms with Gasteiger partial charge in [-0.05, 0) is 50.4 Å². The Bertz CT molecular complexity index is 670. The van der Waals surface area contributed by atoms with E-state index in [1.54, 1.807) is 18.2 Å². The molecule has 7 heteroatoms. The van der Waals surface area contributed by atoms with E-state index in [9.17, 15) is 9.18 Å². The molecule has 1 aliphatic rings. The van der Waals surface area contributed by atoms with E-state index in [1.165, 1.54) is 25.1 Å². The number of halogens is 2. The number of H-pyrrole nitrogens is 1. The van der Waals surface area contributed by atoms with E-state index >= 15 is 0 Å². The lowest BCUT2D eigenvalue weighted by molar-refractivity contribution is 0.0951. The molecule has 0 aliphatic carbocycles. The van der Waals surface area contributed by atoms with Gasteiger partial charge in [0.05, 0.1) is 17.5 Å². The molecule has 0 bridgehead atoms. The summed E-state index contributed by atoms with van der Waals surface area (Å²) >= 11 is 0. The zero-order chi connectivity index (χ0) is 16.1. The van der Waals surface area contributed by atoms with Crippen molar-refractivity contribution in [1.29, 1.82) is 0 Å². The second-order valence-electron chi connectivity index (χ2n) is 5.90. The zero-order valence-electron chi connectivity index (χ0n) is 13.3. The molecule has 3 rings (SSSR count). The first-order valence-electron chi connectivity index (χ1n) is 8.03. The Morgan fingerprint density at radius 1 is 1.38 bits per heavy atom. The number of carbonyl (C=O) groups excluding carboxylic acids is 1. The Balaban J connectivity index is 0.00000208. The molecule has 1 unspecified atom stereocenters. The SMILES string of the molecule is Cl.O=C(NCCC1CCCNC1)c1cn[nH]c1-c1ccccc1F. The molecule has 1 aliphatic heterocycles. The number of piperidine rings is 1. The van der Waals surface area contributed by atoms with Gasteiger partial charge in [0.15, 0.2) is 0 Å². The first-order chi connectivity index (χ1) is 11.3. The first kappa shape index (κ1) is 18.4. The van der Waals surface area contributed by atoms with E-state index in [0.29, 0.717) is 29.3 Å². The number of aromatic nitrogens is 2. The summed E-state index contributed by atoms with van der Waals surface area (Å²) in [6, 6.07) is 6.35. The van der Waals surface area contributed by atoms with Gasteiger partial charge in [-0.15, -0.1) is 12.4 Å². The third kappa shape index (κ3) is 4.33. The molecular formula is C17H22ClFN4O. The van der Waals surface area contributed by atoms with E-state index < -0.39 is 0 Å². The molecule has 2 heterocycles. The number of carbonyl (C=O) groups is 1. The van der Waals surface area contributed by atoms with Crippen LogP contribution in [0.25, 0.3) is 11.3 Å². The molecule has 1 amide bonds. The maximum Gasteiger partial charge on any atom is 0.255 e. The monoisotopic (exact) mass is 352 g/mol. The highest BCUT2D eigenvalue weighted by Gasteiger charge is 2.18. The van der Waals surface area contributed by atoms with Gasteiger partial charge in [0.1, 0.15) is 5.82 Å². The Morgan fingerprint density at radius 2 is 2.21 bits per heavy atom. The van der Waals surface area contributed by atoms with Gasteiger partial charge in [-0.1, -0.05) is 12.1 Å². The summed E-state index contributed by atoms with van der Waals surface area (Å²) in [5, 5.41) is 12.9. The minimum absolute atomic E-state index is 0. The molecule has 1 aromatic carbocycles. The topological polar surface area (TPSA) is 69.8 Å². The average Bonchev–Trinajstić information content (AvgIpc) is 3.06. The van der Waals surface area contributed by atoms with Crippen molar-refractivity contribution in [3.63, 3.8) is 0 Å². The third-order valence-electron chi connectivity index (χ3n) is 4.26. The van der Waals surface area contributed by atoms with Crippen LogP contribution >= 0.6 is 12.4 Å². The highest BCUT2D eigenvalue weighted by Crippen LogP contribution is 2.23. The Kier molecular flexibility index (Phi) is 6.75. The van der Waals surface area contributed by atoms with E-state index in [4.69, 9.17) is 0 Å². The maximum atomic E-state index is 13.9. The van der Waals surface area contributed by atoms with E-state index in [2.05, 4.69) is 20.8 Å². The largest absolute Gasteiger partial charge is 0.352 e. The van der Waals surface area contributed by atoms with Crippen molar-refractivity contribution in [2.45, 2.75) is 19.3 Å². The number of hydrogen-bond acceptors (Lipinski definition) is 3. The summed E-state index contributed by atoms with van der Waals surface area (Å²) in [6.45, 7) is 2.72. The normalized spacial score (nSPS) is 17.1. The minimum atomic E-state index is -0.376. The third-order valence-corrected chi connectivity index (χ3v) is 4.26. The van der Waals surface area contributed by atoms with Crippen LogP contribution in [0.2, 0.25) is 0 Å². The zero-order valence-corrected chi connectivity index (χ0v) is 14.2. The summed E-state index contributed by atoms with van der Waals surface area (Å²) < 4.78 is 13.9. The van der Waals surface area contributed by atoms with Gasteiger partial charge in [-0.2, -0.15) is 5.10 Å². The number of benzene rings is 1. The molecule has 2 aromatic rings. The van der Waals surface area contributed by atoms with Crippen molar-refractivity contribution < 1.29 is 9.18 Å². The number of nitrogens with zero attached hydrogens (tertiary/aromatic N) is 1. The summed E-state index contributed by atoms with van der Waals surface area (Å²) in [4.78, 5) is 12.3. The Hall–Kier alpha value is -1.92. The number of amides is 1. The van der Waals surface area contributed by atoms with Crippen molar-refractivity contribution in [2.75, 3.05) is 19.6 Å². The van der Waals surface area contributed by atoms with Crippen LogP contribution in [0.1, 0.15) is 29.6 Å². The molecule has 5 nitrogen and oxygen atoms in total. The van der Waals surface area contributed by atoms with Crippen LogP contribution < -0.4 is 10.6 Å². The van der Waals surface area contributed by atoms with Crippen molar-refractivity contribution in [1.82, 2.24) is 20.8 Å². The molecule has 130 valence electrons. The van der Waals surface area contributed by atoms with E-state index in [-0.39, 0.29) is 24.1 Å². The lowest BCUT2D eigenvalue weighted by atomic mass is 9.96. The Labute approximate surface area is 146 Å². The number of aromatic amines is 1. The number of rotatable bonds is 5. The molecule has 0 saturated carbocycles. The second-order valence-corrected chi connectivity index (χ2v) is 5.90. The first-order valence-corrected chi connectivity index (χ1v) is 8.03. The van der Waals surface area contributed by atoms with Crippen LogP contribution in [-0.4, -0.2) is 35.7 Å². The summed E-state index contributed by atoms with van der Waals surface area (Å²) in [7, 11) is 0. The molecule has 1 saturated heterocycles. The molecular weight excluding hydrogens is 331 g/mol. The van der Waals surface area contributed by atoms with Gasteiger partial charge in [-0.25, -0.2) is 4.39 Å². The average molecular weight is 353 g/mol. The van der Waals surface area contributed by atoms with Crippen LogP contribution in [0.4, 0.5) is 4.39 Å². The van der Waals surface area contributed by atoms with Crippen LogP contribution in [0, 0.1) is 11.7 Å². The molecule has 3 N–H and O–H groups in total. The number of hydrogen-bond donors (Lipinski definition) is 3. The summed E-state index contributed by atoms with van der Waals surface area (Å²) in [5.74, 6) is 0.0132. The van der Waals surface area contributed by atoms with E-state index in [0.717, 1.165) is 19.5 Å². The predicted molar refractivity (Wildman–Crippen MR) is 93.8 cm³/mol. The van der Waals surface area contributed by atoms with Gasteiger partial charge >= 0.3 is 0 Å². The predicted octanol–water partition coefficient (Wildman–Crippen LogP) is 2.76. The standard InChI is InChI=1S/C17H21FN4O.ClH/c18-15-6-2-1-5-13(15)16-14(11-21-22-16)17(23)20-9-7-12-4-3-8-19-10-12;/h1-2,5-6,11-12,19H,3-4,7-10H2,(H,20,23)(H,21,22);1H. The van der Waals surface area contributed by atoms with Gasteiger partial charge in [0.2, 0.25) is 0 Å². The van der Waals surface area contributed by atoms with Crippen LogP contribution in [-0.2, 0) is 0 Å². The van der Waals surface area contributed by atoms with Crippen molar-refractivity contribution in [2.24, 2.45) is 5.92 Å². The van der Waals surface area contributed by atoms with Crippen molar-refractivity contribution in [3.8, 4) is 11.3 Å². The van der Waals surface area contributed by atoms with Gasteiger partial charge < -0.3 is 10.6 Å². The molecule has 1 atom stereocenters. The number of nitrogens with one attached hydrogen (secondary N) is 3. The minimum Gasteiger partial charge on any atom is -0.352 e. The van der Waals surface area contributed by atoms with Crippen LogP contribution in [0.15, 0.2) is 30.5 Å². The summed E-state index contributed by atoms with van der Waals surface area (Å²) in [5.41, 5.74) is 1.14. The van der Waals surface area contributed by atoms with Crippen LogP contribution in [0.3, 0.4) is 0 Å². The van der Waals surface area contributed by atoms with Gasteiger partial charge in [0.25, 0.3) is 5.91 Å². The van der Waals surface area contributed by atoms with Gasteiger partial charge in [0, 0.05) is 12.1 Å². The fourth-order valence-corrected chi connectivity index (χ4v) is 2.98. The second kappa shape index (κ2) is 8.80. The molecule has 1 aromatic heterocycles. The highest BCUT2D eigenvalue weighted by molar-refractivity contribution is 5.99. The van der Waals surface area contributed by atoms with Crippen molar-refractivity contribution >= 4 is 18.3 Å². The van der Waals surface area contributed by atoms with Crippen LogP contribution in [0.5, 0.6) is 0 Å². The highest BCUT2D eigenvalue weighted by atomic mass is 35.5. The quantitative estimate of drug-likeness (QED) is 0.775. The lowest BCUT2D eigenvalue weighted by Gasteiger charge is -2.22. The smallest absolute Gasteiger partial charge is 0.255 e. The Morgan fingerprint density at radius 3 is 2.96 bits per heavy atom. The molecule has 0 radical (unpaired) electrons. The molecule has 0 spiro atoms. The summed E-state index contributed by atoms with van der Waals surface area (Å²) in [6.07, 6.45) is 4.79. The van der Waals surface area contributed by atoms with Crippen molar-refractivity contribution in [3.05, 3.63) is 41.8 Å². The lowest BCUT2D eigenvalue weighted by Crippen LogP contribution is -2.33. The fraction of sp³-hybridized carbons (Fsp3) is 0.412. The van der Waals surface area contributed by atoms with Gasteiger partial charge in [-0.3, -0.25) is 9.89 Å². The molecule has 24 heavy (non-hydrogen) atoms. The fourth-order valence-electron chi connectivity index (χ4n) is 2.98. The maximum absolute atomic E-state index is 13.9. The molecule has 1 fully saturated rings.